The maximum Gasteiger partial charge on any atom is 0.193 e. The summed E-state index contributed by atoms with van der Waals surface area (Å²) in [5.74, 6) is 1.88. The molecular weight excluding hydrogens is 396 g/mol. The molecule has 30 heavy (non-hydrogen) atoms. The zero-order valence-corrected chi connectivity index (χ0v) is 19.8. The van der Waals surface area contributed by atoms with Crippen LogP contribution in [0.2, 0.25) is 0 Å². The van der Waals surface area contributed by atoms with E-state index in [-0.39, 0.29) is 0 Å². The molecule has 0 saturated carbocycles. The van der Waals surface area contributed by atoms with E-state index in [4.69, 9.17) is 9.47 Å². The molecule has 2 aliphatic heterocycles. The van der Waals surface area contributed by atoms with Gasteiger partial charge in [-0.25, -0.2) is 0 Å². The van der Waals surface area contributed by atoms with Crippen LogP contribution in [0.25, 0.3) is 0 Å². The lowest BCUT2D eigenvalue weighted by Gasteiger charge is -2.38. The van der Waals surface area contributed by atoms with E-state index >= 15 is 0 Å². The third-order valence-corrected chi connectivity index (χ3v) is 7.36. The standard InChI is InChI=1S/C23H40N4O2S/c1-19-7-11-26(12-8-19)21(22-6-4-17-30-22)18-25-23(24-2)27-13-9-20(10-14-27)29-16-5-15-28-3/h4,6,17,19-21H,5,7-16,18H2,1-3H3,(H,24,25). The Bertz CT molecular complexity index is 609. The number of nitrogens with zero attached hydrogens (tertiary/aromatic N) is 3. The molecule has 1 atom stereocenters. The minimum absolute atomic E-state index is 0.366. The number of nitrogens with one attached hydrogen (secondary N) is 1. The van der Waals surface area contributed by atoms with Gasteiger partial charge in [-0.1, -0.05) is 13.0 Å². The quantitative estimate of drug-likeness (QED) is 0.364. The fourth-order valence-electron chi connectivity index (χ4n) is 4.44. The first-order valence-corrected chi connectivity index (χ1v) is 12.4. The number of piperidine rings is 2. The summed E-state index contributed by atoms with van der Waals surface area (Å²) in [6.45, 7) is 9.24. The molecule has 2 fully saturated rings. The van der Waals surface area contributed by atoms with Crippen molar-refractivity contribution in [3.05, 3.63) is 22.4 Å². The minimum Gasteiger partial charge on any atom is -0.385 e. The van der Waals surface area contributed by atoms with E-state index in [9.17, 15) is 0 Å². The number of likely N-dealkylation sites (tertiary alicyclic amines) is 2. The molecule has 0 aromatic carbocycles. The summed E-state index contributed by atoms with van der Waals surface area (Å²) in [6.07, 6.45) is 6.06. The van der Waals surface area contributed by atoms with E-state index in [0.717, 1.165) is 64.0 Å². The van der Waals surface area contributed by atoms with Crippen LogP contribution in [-0.2, 0) is 9.47 Å². The Labute approximate surface area is 186 Å². The molecule has 7 heteroatoms. The fraction of sp³-hybridized carbons (Fsp3) is 0.783. The highest BCUT2D eigenvalue weighted by Gasteiger charge is 2.27. The number of thiophene rings is 1. The van der Waals surface area contributed by atoms with Crippen LogP contribution in [0.3, 0.4) is 0 Å². The van der Waals surface area contributed by atoms with Crippen molar-refractivity contribution in [2.75, 3.05) is 60.1 Å². The highest BCUT2D eigenvalue weighted by atomic mass is 32.1. The van der Waals surface area contributed by atoms with Gasteiger partial charge < -0.3 is 19.7 Å². The number of rotatable bonds is 9. The smallest absolute Gasteiger partial charge is 0.193 e. The van der Waals surface area contributed by atoms with Crippen LogP contribution in [-0.4, -0.2) is 82.0 Å². The van der Waals surface area contributed by atoms with Crippen LogP contribution < -0.4 is 5.32 Å². The number of ether oxygens (including phenoxy) is 2. The van der Waals surface area contributed by atoms with E-state index in [1.165, 1.54) is 30.8 Å². The summed E-state index contributed by atoms with van der Waals surface area (Å²) in [6, 6.07) is 4.88. The molecule has 3 rings (SSSR count). The molecular formula is C23H40N4O2S. The predicted octanol–water partition coefficient (Wildman–Crippen LogP) is 3.61. The summed E-state index contributed by atoms with van der Waals surface area (Å²) in [5.41, 5.74) is 0. The molecule has 1 unspecified atom stereocenters. The Kier molecular flexibility index (Phi) is 9.91. The normalized spacial score (nSPS) is 21.2. The van der Waals surface area contributed by atoms with Gasteiger partial charge >= 0.3 is 0 Å². The highest BCUT2D eigenvalue weighted by molar-refractivity contribution is 7.10. The van der Waals surface area contributed by atoms with Crippen molar-refractivity contribution in [2.45, 2.75) is 51.2 Å². The molecule has 2 aliphatic rings. The largest absolute Gasteiger partial charge is 0.385 e. The van der Waals surface area contributed by atoms with Crippen molar-refractivity contribution in [2.24, 2.45) is 10.9 Å². The molecule has 2 saturated heterocycles. The first-order chi connectivity index (χ1) is 14.7. The number of hydrogen-bond acceptors (Lipinski definition) is 5. The van der Waals surface area contributed by atoms with Gasteiger partial charge in [-0.05, 0) is 62.6 Å². The van der Waals surface area contributed by atoms with Crippen molar-refractivity contribution in [3.8, 4) is 0 Å². The number of aliphatic imine (C=N–C) groups is 1. The summed E-state index contributed by atoms with van der Waals surface area (Å²) < 4.78 is 11.1. The second-order valence-corrected chi connectivity index (χ2v) is 9.56. The molecule has 0 bridgehead atoms. The molecule has 6 nitrogen and oxygen atoms in total. The Hall–Kier alpha value is -1.15. The lowest BCUT2D eigenvalue weighted by molar-refractivity contribution is 0.00983. The average Bonchev–Trinajstić information content (AvgIpc) is 3.30. The van der Waals surface area contributed by atoms with Crippen molar-refractivity contribution < 1.29 is 9.47 Å². The fourth-order valence-corrected chi connectivity index (χ4v) is 5.30. The highest BCUT2D eigenvalue weighted by Crippen LogP contribution is 2.29. The summed E-state index contributed by atoms with van der Waals surface area (Å²) in [7, 11) is 3.64. The van der Waals surface area contributed by atoms with Gasteiger partial charge in [0.15, 0.2) is 5.96 Å². The van der Waals surface area contributed by atoms with Crippen LogP contribution in [0, 0.1) is 5.92 Å². The second kappa shape index (κ2) is 12.6. The van der Waals surface area contributed by atoms with Gasteiger partial charge in [-0.15, -0.1) is 11.3 Å². The molecule has 1 N–H and O–H groups in total. The molecule has 0 amide bonds. The molecule has 0 aliphatic carbocycles. The van der Waals surface area contributed by atoms with E-state index in [1.807, 2.05) is 18.4 Å². The third kappa shape index (κ3) is 6.94. The van der Waals surface area contributed by atoms with Crippen molar-refractivity contribution >= 4 is 17.3 Å². The monoisotopic (exact) mass is 436 g/mol. The van der Waals surface area contributed by atoms with Crippen LogP contribution in [0.1, 0.15) is 49.9 Å². The van der Waals surface area contributed by atoms with Gasteiger partial charge in [-0.2, -0.15) is 0 Å². The van der Waals surface area contributed by atoms with E-state index in [2.05, 4.69) is 44.5 Å². The molecule has 1 aromatic rings. The predicted molar refractivity (Wildman–Crippen MR) is 125 cm³/mol. The first-order valence-electron chi connectivity index (χ1n) is 11.5. The zero-order valence-electron chi connectivity index (χ0n) is 19.0. The van der Waals surface area contributed by atoms with Gasteiger partial charge in [0.2, 0.25) is 0 Å². The van der Waals surface area contributed by atoms with Crippen molar-refractivity contribution in [3.63, 3.8) is 0 Å². The van der Waals surface area contributed by atoms with Gasteiger partial charge in [0, 0.05) is 51.9 Å². The van der Waals surface area contributed by atoms with E-state index in [0.29, 0.717) is 12.1 Å². The lowest BCUT2D eigenvalue weighted by Crippen LogP contribution is -2.49. The van der Waals surface area contributed by atoms with Crippen LogP contribution in [0.4, 0.5) is 0 Å². The Morgan fingerprint density at radius 2 is 1.97 bits per heavy atom. The van der Waals surface area contributed by atoms with Gasteiger partial charge in [0.25, 0.3) is 0 Å². The number of methoxy groups -OCH3 is 1. The minimum atomic E-state index is 0.366. The molecule has 1 aromatic heterocycles. The van der Waals surface area contributed by atoms with Gasteiger partial charge in [0.1, 0.15) is 0 Å². The number of hydrogen-bond donors (Lipinski definition) is 1. The Morgan fingerprint density at radius 1 is 1.20 bits per heavy atom. The third-order valence-electron chi connectivity index (χ3n) is 6.38. The van der Waals surface area contributed by atoms with Crippen LogP contribution >= 0.6 is 11.3 Å². The lowest BCUT2D eigenvalue weighted by atomic mass is 9.97. The topological polar surface area (TPSA) is 49.3 Å². The maximum atomic E-state index is 6.01. The second-order valence-electron chi connectivity index (χ2n) is 8.58. The zero-order chi connectivity index (χ0) is 21.2. The Balaban J connectivity index is 1.48. The summed E-state index contributed by atoms with van der Waals surface area (Å²) in [5, 5.41) is 5.89. The van der Waals surface area contributed by atoms with Crippen molar-refractivity contribution in [1.82, 2.24) is 15.1 Å². The van der Waals surface area contributed by atoms with Crippen molar-refractivity contribution in [1.29, 1.82) is 0 Å². The van der Waals surface area contributed by atoms with Crippen LogP contribution in [0.15, 0.2) is 22.5 Å². The van der Waals surface area contributed by atoms with Gasteiger partial charge in [-0.3, -0.25) is 9.89 Å². The summed E-state index contributed by atoms with van der Waals surface area (Å²) >= 11 is 1.87. The van der Waals surface area contributed by atoms with E-state index < -0.39 is 0 Å². The SMILES string of the molecule is CN=C(NCC(c1cccs1)N1CCC(C)CC1)N1CCC(OCCCOC)CC1. The first kappa shape index (κ1) is 23.5. The number of guanidine groups is 1. The molecule has 170 valence electrons. The molecule has 0 radical (unpaired) electrons. The maximum absolute atomic E-state index is 6.01. The average molecular weight is 437 g/mol. The molecule has 3 heterocycles. The molecule has 0 spiro atoms. The van der Waals surface area contributed by atoms with Gasteiger partial charge in [0.05, 0.1) is 12.1 Å². The van der Waals surface area contributed by atoms with E-state index in [1.54, 1.807) is 7.11 Å². The summed E-state index contributed by atoms with van der Waals surface area (Å²) in [4.78, 5) is 11.1. The van der Waals surface area contributed by atoms with Crippen LogP contribution in [0.5, 0.6) is 0 Å². The Morgan fingerprint density at radius 3 is 2.60 bits per heavy atom.